The second-order valence-electron chi connectivity index (χ2n) is 5.02. The first kappa shape index (κ1) is 15.8. The molecule has 2 rings (SSSR count). The predicted molar refractivity (Wildman–Crippen MR) is 89.8 cm³/mol. The van der Waals surface area contributed by atoms with Gasteiger partial charge in [-0.1, -0.05) is 13.8 Å². The maximum absolute atomic E-state index is 5.89. The fourth-order valence-corrected chi connectivity index (χ4v) is 2.55. The summed E-state index contributed by atoms with van der Waals surface area (Å²) >= 11 is 1.87. The molecule has 1 aliphatic heterocycles. The number of nitrogens with zero attached hydrogens (tertiary/aromatic N) is 1. The summed E-state index contributed by atoms with van der Waals surface area (Å²) in [5.74, 6) is 2.93. The number of benzene rings is 1. The third-order valence-corrected chi connectivity index (χ3v) is 3.93. The quantitative estimate of drug-likeness (QED) is 0.497. The van der Waals surface area contributed by atoms with Crippen LogP contribution in [0.4, 0.5) is 5.69 Å². The van der Waals surface area contributed by atoms with Crippen molar-refractivity contribution in [3.8, 4) is 11.5 Å². The van der Waals surface area contributed by atoms with E-state index in [2.05, 4.69) is 24.2 Å². The number of thioether (sulfide) groups is 1. The Balaban J connectivity index is 1.90. The zero-order valence-corrected chi connectivity index (χ0v) is 13.4. The summed E-state index contributed by atoms with van der Waals surface area (Å²) in [6.07, 6.45) is 0.897. The minimum Gasteiger partial charge on any atom is -0.490 e. The fraction of sp³-hybridized carbons (Fsp3) is 0.533. The smallest absolute Gasteiger partial charge is 0.193 e. The van der Waals surface area contributed by atoms with Gasteiger partial charge in [-0.3, -0.25) is 4.99 Å². The highest BCUT2D eigenvalue weighted by Crippen LogP contribution is 2.32. The minimum absolute atomic E-state index is 0.425. The molecule has 0 saturated heterocycles. The Morgan fingerprint density at radius 3 is 2.86 bits per heavy atom. The number of hydrogen-bond donors (Lipinski definition) is 2. The van der Waals surface area contributed by atoms with Crippen LogP contribution in [0.2, 0.25) is 0 Å². The Kier molecular flexibility index (Phi) is 6.04. The van der Waals surface area contributed by atoms with E-state index in [0.29, 0.717) is 31.0 Å². The van der Waals surface area contributed by atoms with Crippen LogP contribution in [0.3, 0.4) is 0 Å². The van der Waals surface area contributed by atoms with Crippen molar-refractivity contribution in [2.24, 2.45) is 10.7 Å². The molecule has 3 N–H and O–H groups in total. The molecule has 0 spiro atoms. The number of hydrogen-bond acceptors (Lipinski definition) is 4. The molecule has 1 aliphatic rings. The van der Waals surface area contributed by atoms with Gasteiger partial charge in [-0.2, -0.15) is 11.8 Å². The predicted octanol–water partition coefficient (Wildman–Crippen LogP) is 2.72. The van der Waals surface area contributed by atoms with Crippen molar-refractivity contribution in [2.75, 3.05) is 30.8 Å². The standard InChI is InChI=1S/C15H23N3O2S/c1-11(2)21-9-6-17-15(16)18-12-4-5-13-14(10-12)20-8-3-7-19-13/h4-5,10-11H,3,6-9H2,1-2H3,(H3,16,17,18). The molecule has 21 heavy (non-hydrogen) atoms. The van der Waals surface area contributed by atoms with E-state index in [0.717, 1.165) is 29.4 Å². The van der Waals surface area contributed by atoms with Gasteiger partial charge >= 0.3 is 0 Å². The van der Waals surface area contributed by atoms with Crippen molar-refractivity contribution in [3.63, 3.8) is 0 Å². The average Bonchev–Trinajstić information content (AvgIpc) is 2.68. The number of rotatable bonds is 5. The monoisotopic (exact) mass is 309 g/mol. The van der Waals surface area contributed by atoms with Gasteiger partial charge in [0.1, 0.15) is 0 Å². The molecule has 1 heterocycles. The summed E-state index contributed by atoms with van der Waals surface area (Å²) in [5.41, 5.74) is 6.75. The molecule has 0 bridgehead atoms. The van der Waals surface area contributed by atoms with Crippen LogP contribution < -0.4 is 20.5 Å². The lowest BCUT2D eigenvalue weighted by atomic mass is 10.3. The molecule has 0 fully saturated rings. The van der Waals surface area contributed by atoms with Crippen LogP contribution in [0, 0.1) is 0 Å². The van der Waals surface area contributed by atoms with E-state index in [4.69, 9.17) is 15.2 Å². The number of aliphatic imine (C=N–C) groups is 1. The highest BCUT2D eigenvalue weighted by molar-refractivity contribution is 7.99. The van der Waals surface area contributed by atoms with Gasteiger partial charge < -0.3 is 20.5 Å². The maximum atomic E-state index is 5.89. The van der Waals surface area contributed by atoms with Gasteiger partial charge in [0.2, 0.25) is 0 Å². The molecule has 6 heteroatoms. The molecule has 1 aromatic rings. The third-order valence-electron chi connectivity index (χ3n) is 2.84. The van der Waals surface area contributed by atoms with Gasteiger partial charge in [-0.05, 0) is 17.4 Å². The van der Waals surface area contributed by atoms with Crippen molar-refractivity contribution in [1.82, 2.24) is 0 Å². The summed E-state index contributed by atoms with van der Waals surface area (Å²) in [5, 5.41) is 3.70. The second kappa shape index (κ2) is 8.02. The van der Waals surface area contributed by atoms with Crippen LogP contribution in [-0.2, 0) is 0 Å². The van der Waals surface area contributed by atoms with E-state index in [-0.39, 0.29) is 0 Å². The van der Waals surface area contributed by atoms with Gasteiger partial charge in [-0.15, -0.1) is 0 Å². The normalized spacial score (nSPS) is 14.9. The number of anilines is 1. The molecule has 0 radical (unpaired) electrons. The molecule has 5 nitrogen and oxygen atoms in total. The van der Waals surface area contributed by atoms with Gasteiger partial charge in [-0.25, -0.2) is 0 Å². The minimum atomic E-state index is 0.425. The number of nitrogens with one attached hydrogen (secondary N) is 1. The van der Waals surface area contributed by atoms with Gasteiger partial charge in [0.25, 0.3) is 0 Å². The Labute approximate surface area is 130 Å². The van der Waals surface area contributed by atoms with E-state index < -0.39 is 0 Å². The maximum Gasteiger partial charge on any atom is 0.193 e. The topological polar surface area (TPSA) is 68.9 Å². The largest absolute Gasteiger partial charge is 0.490 e. The lowest BCUT2D eigenvalue weighted by Crippen LogP contribution is -2.23. The van der Waals surface area contributed by atoms with Gasteiger partial charge in [0.05, 0.1) is 19.8 Å². The molecule has 0 atom stereocenters. The molecule has 0 saturated carbocycles. The lowest BCUT2D eigenvalue weighted by molar-refractivity contribution is 0.297. The Hall–Kier alpha value is -1.56. The summed E-state index contributed by atoms with van der Waals surface area (Å²) in [6, 6.07) is 5.70. The Morgan fingerprint density at radius 2 is 2.10 bits per heavy atom. The van der Waals surface area contributed by atoms with E-state index in [1.807, 2.05) is 30.0 Å². The molecular weight excluding hydrogens is 286 g/mol. The van der Waals surface area contributed by atoms with Crippen molar-refractivity contribution in [1.29, 1.82) is 0 Å². The first-order valence-corrected chi connectivity index (χ1v) is 8.28. The summed E-state index contributed by atoms with van der Waals surface area (Å²) in [7, 11) is 0. The number of nitrogens with two attached hydrogens (primary N) is 1. The summed E-state index contributed by atoms with van der Waals surface area (Å²) < 4.78 is 11.2. The first-order valence-electron chi connectivity index (χ1n) is 7.23. The Morgan fingerprint density at radius 1 is 1.33 bits per heavy atom. The first-order chi connectivity index (χ1) is 10.1. The van der Waals surface area contributed by atoms with E-state index in [9.17, 15) is 0 Å². The summed E-state index contributed by atoms with van der Waals surface area (Å²) in [6.45, 7) is 6.43. The molecule has 1 aromatic carbocycles. The molecule has 0 aliphatic carbocycles. The number of guanidine groups is 1. The van der Waals surface area contributed by atoms with Crippen LogP contribution in [0.1, 0.15) is 20.3 Å². The number of ether oxygens (including phenoxy) is 2. The number of fused-ring (bicyclic) bond motifs is 1. The second-order valence-corrected chi connectivity index (χ2v) is 6.71. The molecular formula is C15H23N3O2S. The van der Waals surface area contributed by atoms with Gasteiger partial charge in [0.15, 0.2) is 17.5 Å². The van der Waals surface area contributed by atoms with Crippen LogP contribution in [-0.4, -0.2) is 36.7 Å². The van der Waals surface area contributed by atoms with Crippen LogP contribution >= 0.6 is 11.8 Å². The van der Waals surface area contributed by atoms with Crippen molar-refractivity contribution in [3.05, 3.63) is 18.2 Å². The zero-order chi connectivity index (χ0) is 15.1. The molecule has 0 unspecified atom stereocenters. The lowest BCUT2D eigenvalue weighted by Gasteiger charge is -2.10. The Bertz CT molecular complexity index is 492. The SMILES string of the molecule is CC(C)SCCN=C(N)Nc1ccc2c(c1)OCCCO2. The summed E-state index contributed by atoms with van der Waals surface area (Å²) in [4.78, 5) is 4.31. The third kappa shape index (κ3) is 5.38. The van der Waals surface area contributed by atoms with E-state index in [1.54, 1.807) is 0 Å². The van der Waals surface area contributed by atoms with E-state index in [1.165, 1.54) is 0 Å². The highest BCUT2D eigenvalue weighted by Gasteiger charge is 2.10. The zero-order valence-electron chi connectivity index (χ0n) is 12.6. The van der Waals surface area contributed by atoms with Crippen LogP contribution in [0.5, 0.6) is 11.5 Å². The van der Waals surface area contributed by atoms with Gasteiger partial charge in [0, 0.05) is 23.9 Å². The van der Waals surface area contributed by atoms with Crippen LogP contribution in [0.15, 0.2) is 23.2 Å². The molecule has 116 valence electrons. The highest BCUT2D eigenvalue weighted by atomic mass is 32.2. The van der Waals surface area contributed by atoms with Crippen molar-refractivity contribution in [2.45, 2.75) is 25.5 Å². The molecule has 0 aromatic heterocycles. The fourth-order valence-electron chi connectivity index (χ4n) is 1.88. The van der Waals surface area contributed by atoms with Crippen molar-refractivity contribution >= 4 is 23.4 Å². The molecule has 0 amide bonds. The van der Waals surface area contributed by atoms with Crippen molar-refractivity contribution < 1.29 is 9.47 Å². The van der Waals surface area contributed by atoms with Crippen LogP contribution in [0.25, 0.3) is 0 Å². The van der Waals surface area contributed by atoms with E-state index >= 15 is 0 Å². The average molecular weight is 309 g/mol.